The highest BCUT2D eigenvalue weighted by molar-refractivity contribution is 6.35. The number of hydrogen-bond acceptors (Lipinski definition) is 4. The zero-order valence-corrected chi connectivity index (χ0v) is 11.1. The third-order valence-corrected chi connectivity index (χ3v) is 2.91. The van der Waals surface area contributed by atoms with E-state index in [1.54, 1.807) is 23.0 Å². The van der Waals surface area contributed by atoms with Crippen molar-refractivity contribution in [2.75, 3.05) is 0 Å². The molecule has 0 spiro atoms. The number of benzene rings is 1. The summed E-state index contributed by atoms with van der Waals surface area (Å²) < 4.78 is 7.30. The van der Waals surface area contributed by atoms with E-state index in [0.29, 0.717) is 27.2 Å². The summed E-state index contributed by atoms with van der Waals surface area (Å²) in [6.45, 7) is 0.0132. The number of aromatic nitrogens is 3. The second kappa shape index (κ2) is 5.56. The van der Waals surface area contributed by atoms with Gasteiger partial charge in [0, 0.05) is 17.6 Å². The van der Waals surface area contributed by atoms with E-state index in [1.807, 2.05) is 7.05 Å². The van der Waals surface area contributed by atoms with E-state index in [-0.39, 0.29) is 13.2 Å². The van der Waals surface area contributed by atoms with Gasteiger partial charge in [0.25, 0.3) is 0 Å². The molecule has 7 heteroatoms. The molecule has 0 aliphatic rings. The van der Waals surface area contributed by atoms with Gasteiger partial charge in [0.05, 0.1) is 11.6 Å². The first kappa shape index (κ1) is 13.1. The maximum absolute atomic E-state index is 9.25. The highest BCUT2D eigenvalue weighted by Crippen LogP contribution is 2.32. The van der Waals surface area contributed by atoms with Gasteiger partial charge in [0.2, 0.25) is 0 Å². The molecule has 1 N–H and O–H groups in total. The van der Waals surface area contributed by atoms with Crippen molar-refractivity contribution in [1.82, 2.24) is 14.8 Å². The lowest BCUT2D eigenvalue weighted by atomic mass is 10.2. The van der Waals surface area contributed by atoms with Crippen molar-refractivity contribution < 1.29 is 9.84 Å². The van der Waals surface area contributed by atoms with Crippen LogP contribution in [-0.4, -0.2) is 19.9 Å². The minimum atomic E-state index is -0.200. The molecule has 0 saturated heterocycles. The van der Waals surface area contributed by atoms with E-state index in [4.69, 9.17) is 27.9 Å². The Balaban J connectivity index is 2.21. The van der Waals surface area contributed by atoms with Crippen molar-refractivity contribution in [2.24, 2.45) is 7.05 Å². The fourth-order valence-corrected chi connectivity index (χ4v) is 2.06. The average molecular weight is 288 g/mol. The third-order valence-electron chi connectivity index (χ3n) is 2.41. The van der Waals surface area contributed by atoms with Gasteiger partial charge in [0.15, 0.2) is 5.82 Å². The molecule has 0 saturated carbocycles. The van der Waals surface area contributed by atoms with Crippen molar-refractivity contribution >= 4 is 23.2 Å². The van der Waals surface area contributed by atoms with Crippen molar-refractivity contribution in [2.45, 2.75) is 13.2 Å². The first-order valence-corrected chi connectivity index (χ1v) is 5.92. The second-order valence-corrected chi connectivity index (χ2v) is 4.52. The smallest absolute Gasteiger partial charge is 0.170 e. The molecule has 0 radical (unpaired) electrons. The average Bonchev–Trinajstić information content (AvgIpc) is 2.73. The van der Waals surface area contributed by atoms with Crippen molar-refractivity contribution in [1.29, 1.82) is 0 Å². The Morgan fingerprint density at radius 1 is 1.39 bits per heavy atom. The standard InChI is InChI=1S/C11H11Cl2N3O2/c1-16-6-14-15-10(16)5-18-11-7(4-17)2-8(12)3-9(11)13/h2-3,6,17H,4-5H2,1H3. The van der Waals surface area contributed by atoms with Crippen LogP contribution in [0.5, 0.6) is 5.75 Å². The van der Waals surface area contributed by atoms with E-state index >= 15 is 0 Å². The molecule has 0 aliphatic heterocycles. The maximum Gasteiger partial charge on any atom is 0.170 e. The van der Waals surface area contributed by atoms with Gasteiger partial charge in [-0.25, -0.2) is 0 Å². The summed E-state index contributed by atoms with van der Waals surface area (Å²) in [6, 6.07) is 3.17. The predicted molar refractivity (Wildman–Crippen MR) is 67.7 cm³/mol. The first-order chi connectivity index (χ1) is 8.61. The molecule has 0 bridgehead atoms. The summed E-state index contributed by atoms with van der Waals surface area (Å²) in [5.74, 6) is 1.07. The fourth-order valence-electron chi connectivity index (χ4n) is 1.47. The molecule has 0 amide bonds. The Morgan fingerprint density at radius 3 is 2.78 bits per heavy atom. The van der Waals surface area contributed by atoms with Crippen molar-refractivity contribution in [3.05, 3.63) is 39.9 Å². The van der Waals surface area contributed by atoms with Gasteiger partial charge in [-0.05, 0) is 12.1 Å². The molecule has 1 aromatic carbocycles. The largest absolute Gasteiger partial charge is 0.484 e. The van der Waals surface area contributed by atoms with Crippen LogP contribution >= 0.6 is 23.2 Å². The topological polar surface area (TPSA) is 60.2 Å². The van der Waals surface area contributed by atoms with Crippen molar-refractivity contribution in [3.8, 4) is 5.75 Å². The normalized spacial score (nSPS) is 10.7. The van der Waals surface area contributed by atoms with Crippen LogP contribution in [0.2, 0.25) is 10.0 Å². The van der Waals surface area contributed by atoms with E-state index in [9.17, 15) is 5.11 Å². The van der Waals surface area contributed by atoms with E-state index < -0.39 is 0 Å². The fraction of sp³-hybridized carbons (Fsp3) is 0.273. The van der Waals surface area contributed by atoms with Crippen LogP contribution in [0, 0.1) is 0 Å². The van der Waals surface area contributed by atoms with Crippen LogP contribution in [0.4, 0.5) is 0 Å². The minimum absolute atomic E-state index is 0.200. The van der Waals surface area contributed by atoms with Gasteiger partial charge in [-0.1, -0.05) is 23.2 Å². The van der Waals surface area contributed by atoms with Crippen LogP contribution in [-0.2, 0) is 20.3 Å². The Morgan fingerprint density at radius 2 is 2.17 bits per heavy atom. The monoisotopic (exact) mass is 287 g/mol. The van der Waals surface area contributed by atoms with E-state index in [0.717, 1.165) is 0 Å². The van der Waals surface area contributed by atoms with Crippen LogP contribution in [0.1, 0.15) is 11.4 Å². The van der Waals surface area contributed by atoms with Gasteiger partial charge in [-0.3, -0.25) is 0 Å². The van der Waals surface area contributed by atoms with Gasteiger partial charge >= 0.3 is 0 Å². The van der Waals surface area contributed by atoms with E-state index in [1.165, 1.54) is 0 Å². The Kier molecular flexibility index (Phi) is 4.06. The van der Waals surface area contributed by atoms with Crippen LogP contribution < -0.4 is 4.74 Å². The third kappa shape index (κ3) is 2.75. The molecule has 5 nitrogen and oxygen atoms in total. The number of aryl methyl sites for hydroxylation is 1. The molecule has 18 heavy (non-hydrogen) atoms. The van der Waals surface area contributed by atoms with Crippen LogP contribution in [0.25, 0.3) is 0 Å². The summed E-state index contributed by atoms with van der Waals surface area (Å²) in [5.41, 5.74) is 0.537. The number of halogens is 2. The Hall–Kier alpha value is -1.30. The molecule has 2 rings (SSSR count). The number of aliphatic hydroxyl groups is 1. The van der Waals surface area contributed by atoms with Crippen molar-refractivity contribution in [3.63, 3.8) is 0 Å². The summed E-state index contributed by atoms with van der Waals surface area (Å²) in [6.07, 6.45) is 1.58. The zero-order chi connectivity index (χ0) is 13.1. The molecular weight excluding hydrogens is 277 g/mol. The predicted octanol–water partition coefficient (Wildman–Crippen LogP) is 2.19. The maximum atomic E-state index is 9.25. The first-order valence-electron chi connectivity index (χ1n) is 5.16. The molecule has 96 valence electrons. The van der Waals surface area contributed by atoms with Gasteiger partial charge in [0.1, 0.15) is 18.7 Å². The van der Waals surface area contributed by atoms with Gasteiger partial charge in [-0.15, -0.1) is 10.2 Å². The minimum Gasteiger partial charge on any atom is -0.484 e. The highest BCUT2D eigenvalue weighted by atomic mass is 35.5. The highest BCUT2D eigenvalue weighted by Gasteiger charge is 2.11. The molecule has 1 aromatic heterocycles. The molecule has 1 heterocycles. The quantitative estimate of drug-likeness (QED) is 0.937. The Bertz CT molecular complexity index is 557. The molecule has 0 unspecified atom stereocenters. The van der Waals surface area contributed by atoms with Gasteiger partial charge in [-0.2, -0.15) is 0 Å². The summed E-state index contributed by atoms with van der Waals surface area (Å²) in [4.78, 5) is 0. The number of aliphatic hydroxyl groups excluding tert-OH is 1. The lowest BCUT2D eigenvalue weighted by Crippen LogP contribution is -2.05. The number of hydrogen-bond donors (Lipinski definition) is 1. The lowest BCUT2D eigenvalue weighted by molar-refractivity contribution is 0.254. The zero-order valence-electron chi connectivity index (χ0n) is 9.60. The Labute approximate surface area is 114 Å². The number of nitrogens with zero attached hydrogens (tertiary/aromatic N) is 3. The molecular formula is C11H11Cl2N3O2. The SMILES string of the molecule is Cn1cnnc1COc1c(Cl)cc(Cl)cc1CO. The molecule has 2 aromatic rings. The lowest BCUT2D eigenvalue weighted by Gasteiger charge is -2.12. The summed E-state index contributed by atoms with van der Waals surface area (Å²) in [7, 11) is 1.81. The van der Waals surface area contributed by atoms with E-state index in [2.05, 4.69) is 10.2 Å². The molecule has 0 aliphatic carbocycles. The molecule has 0 atom stereocenters. The summed E-state index contributed by atoms with van der Waals surface area (Å²) >= 11 is 11.9. The number of rotatable bonds is 4. The van der Waals surface area contributed by atoms with Crippen LogP contribution in [0.15, 0.2) is 18.5 Å². The van der Waals surface area contributed by atoms with Gasteiger partial charge < -0.3 is 14.4 Å². The molecule has 0 fully saturated rings. The summed E-state index contributed by atoms with van der Waals surface area (Å²) in [5, 5.41) is 17.7. The second-order valence-electron chi connectivity index (χ2n) is 3.68. The van der Waals surface area contributed by atoms with Crippen LogP contribution in [0.3, 0.4) is 0 Å². The number of ether oxygens (including phenoxy) is 1.